The van der Waals surface area contributed by atoms with E-state index in [1.165, 1.54) is 11.8 Å². The van der Waals surface area contributed by atoms with Gasteiger partial charge in [-0.25, -0.2) is 4.98 Å². The summed E-state index contributed by atoms with van der Waals surface area (Å²) in [6.07, 6.45) is 0.797. The average molecular weight is 410 g/mol. The number of aryl methyl sites for hydroxylation is 1. The molecule has 4 rings (SSSR count). The Morgan fingerprint density at radius 3 is 2.57 bits per heavy atom. The molecule has 1 N–H and O–H groups in total. The minimum absolute atomic E-state index is 0.0117. The van der Waals surface area contributed by atoms with Crippen molar-refractivity contribution in [2.24, 2.45) is 0 Å². The highest BCUT2D eigenvalue weighted by molar-refractivity contribution is 8.00. The van der Waals surface area contributed by atoms with Crippen LogP contribution in [0.5, 0.6) is 0 Å². The molecule has 0 aliphatic carbocycles. The van der Waals surface area contributed by atoms with Crippen molar-refractivity contribution in [2.45, 2.75) is 23.0 Å². The van der Waals surface area contributed by atoms with E-state index in [0.717, 1.165) is 34.0 Å². The molecule has 1 aliphatic heterocycles. The van der Waals surface area contributed by atoms with Crippen molar-refractivity contribution in [3.8, 4) is 0 Å². The standard InChI is InChI=1S/C21H19N3O2S2/c25-18(22-16-9-5-2-6-10-16)14-28-21-23-17-11-12-27-19(17)20(26)24(21)13-15-7-3-1-4-8-15/h1-10H,11-14H2,(H,22,25). The van der Waals surface area contributed by atoms with Crippen LogP contribution in [0.3, 0.4) is 0 Å². The Morgan fingerprint density at radius 1 is 1.11 bits per heavy atom. The lowest BCUT2D eigenvalue weighted by atomic mass is 10.2. The van der Waals surface area contributed by atoms with E-state index in [0.29, 0.717) is 11.7 Å². The van der Waals surface area contributed by atoms with Crippen molar-refractivity contribution < 1.29 is 4.79 Å². The van der Waals surface area contributed by atoms with E-state index in [1.54, 1.807) is 16.3 Å². The SMILES string of the molecule is O=C(CSc1nc2c(c(=O)n1Cc1ccccc1)SCC2)Nc1ccccc1. The maximum Gasteiger partial charge on any atom is 0.268 e. The molecule has 0 bridgehead atoms. The summed E-state index contributed by atoms with van der Waals surface area (Å²) in [7, 11) is 0. The van der Waals surface area contributed by atoms with Crippen molar-refractivity contribution in [1.29, 1.82) is 0 Å². The van der Waals surface area contributed by atoms with Gasteiger partial charge in [-0.05, 0) is 17.7 Å². The molecule has 0 saturated carbocycles. The average Bonchev–Trinajstić information content (AvgIpc) is 3.19. The van der Waals surface area contributed by atoms with Crippen LogP contribution >= 0.6 is 23.5 Å². The number of carbonyl (C=O) groups excluding carboxylic acids is 1. The predicted molar refractivity (Wildman–Crippen MR) is 114 cm³/mol. The molecule has 3 aromatic rings. The van der Waals surface area contributed by atoms with Gasteiger partial charge in [-0.3, -0.25) is 14.2 Å². The Labute approximate surface area is 171 Å². The van der Waals surface area contributed by atoms with Crippen LogP contribution < -0.4 is 10.9 Å². The molecule has 0 saturated heterocycles. The molecule has 1 aromatic heterocycles. The number of anilines is 1. The third-order valence-corrected chi connectivity index (χ3v) is 6.41. The Balaban J connectivity index is 1.56. The van der Waals surface area contributed by atoms with E-state index in [2.05, 4.69) is 5.32 Å². The number of hydrogen-bond acceptors (Lipinski definition) is 5. The Bertz CT molecular complexity index is 1040. The molecule has 1 amide bonds. The summed E-state index contributed by atoms with van der Waals surface area (Å²) in [5.41, 5.74) is 2.63. The largest absolute Gasteiger partial charge is 0.325 e. The van der Waals surface area contributed by atoms with E-state index < -0.39 is 0 Å². The fourth-order valence-electron chi connectivity index (χ4n) is 2.99. The quantitative estimate of drug-likeness (QED) is 0.497. The van der Waals surface area contributed by atoms with Crippen LogP contribution in [-0.2, 0) is 17.8 Å². The van der Waals surface area contributed by atoms with Crippen LogP contribution in [0.2, 0.25) is 0 Å². The van der Waals surface area contributed by atoms with Crippen LogP contribution in [0.1, 0.15) is 11.3 Å². The number of nitrogens with one attached hydrogen (secondary N) is 1. The number of amides is 1. The number of rotatable bonds is 6. The maximum absolute atomic E-state index is 13.0. The van der Waals surface area contributed by atoms with Gasteiger partial charge in [0.1, 0.15) is 0 Å². The third-order valence-electron chi connectivity index (χ3n) is 4.32. The molecule has 1 aliphatic rings. The van der Waals surface area contributed by atoms with Crippen LogP contribution in [0.25, 0.3) is 0 Å². The van der Waals surface area contributed by atoms with E-state index in [-0.39, 0.29) is 17.2 Å². The lowest BCUT2D eigenvalue weighted by molar-refractivity contribution is -0.113. The van der Waals surface area contributed by atoms with Gasteiger partial charge in [0.15, 0.2) is 5.16 Å². The molecule has 2 heterocycles. The van der Waals surface area contributed by atoms with Crippen LogP contribution in [-0.4, -0.2) is 27.0 Å². The van der Waals surface area contributed by atoms with Crippen LogP contribution in [0.4, 0.5) is 5.69 Å². The summed E-state index contributed by atoms with van der Waals surface area (Å²) in [5, 5.41) is 3.46. The van der Waals surface area contributed by atoms with Gasteiger partial charge >= 0.3 is 0 Å². The van der Waals surface area contributed by atoms with Crippen molar-refractivity contribution >= 4 is 35.1 Å². The van der Waals surface area contributed by atoms with Gasteiger partial charge in [0.05, 0.1) is 22.9 Å². The first-order valence-corrected chi connectivity index (χ1v) is 11.0. The molecule has 0 fully saturated rings. The highest BCUT2D eigenvalue weighted by Gasteiger charge is 2.22. The van der Waals surface area contributed by atoms with Gasteiger partial charge in [-0.1, -0.05) is 60.3 Å². The minimum Gasteiger partial charge on any atom is -0.325 e. The lowest BCUT2D eigenvalue weighted by Gasteiger charge is -2.14. The Kier molecular flexibility index (Phi) is 5.83. The van der Waals surface area contributed by atoms with E-state index in [1.807, 2.05) is 60.7 Å². The van der Waals surface area contributed by atoms with Crippen molar-refractivity contribution in [3.05, 3.63) is 82.3 Å². The molecule has 28 heavy (non-hydrogen) atoms. The molecular formula is C21H19N3O2S2. The number of hydrogen-bond donors (Lipinski definition) is 1. The van der Waals surface area contributed by atoms with Crippen molar-refractivity contribution in [3.63, 3.8) is 0 Å². The van der Waals surface area contributed by atoms with Crippen LogP contribution in [0.15, 0.2) is 75.5 Å². The summed E-state index contributed by atoms with van der Waals surface area (Å²) in [4.78, 5) is 30.8. The van der Waals surface area contributed by atoms with E-state index in [9.17, 15) is 9.59 Å². The minimum atomic E-state index is -0.119. The number of fused-ring (bicyclic) bond motifs is 1. The molecule has 2 aromatic carbocycles. The smallest absolute Gasteiger partial charge is 0.268 e. The maximum atomic E-state index is 13.0. The molecule has 142 valence electrons. The molecular weight excluding hydrogens is 390 g/mol. The molecule has 0 atom stereocenters. The number of aromatic nitrogens is 2. The molecule has 7 heteroatoms. The Hall–Kier alpha value is -2.51. The predicted octanol–water partition coefficient (Wildman–Crippen LogP) is 3.67. The van der Waals surface area contributed by atoms with Crippen LogP contribution in [0, 0.1) is 0 Å². The fourth-order valence-corrected chi connectivity index (χ4v) is 4.85. The number of nitrogens with zero attached hydrogens (tertiary/aromatic N) is 2. The zero-order valence-corrected chi connectivity index (χ0v) is 16.8. The number of thioether (sulfide) groups is 2. The summed E-state index contributed by atoms with van der Waals surface area (Å²) in [6.45, 7) is 0.448. The second-order valence-corrected chi connectivity index (χ2v) is 8.40. The topological polar surface area (TPSA) is 64.0 Å². The number of para-hydroxylation sites is 1. The summed E-state index contributed by atoms with van der Waals surface area (Å²) >= 11 is 2.87. The molecule has 5 nitrogen and oxygen atoms in total. The van der Waals surface area contributed by atoms with Crippen molar-refractivity contribution in [2.75, 3.05) is 16.8 Å². The highest BCUT2D eigenvalue weighted by atomic mass is 32.2. The first-order valence-electron chi connectivity index (χ1n) is 8.99. The monoisotopic (exact) mass is 409 g/mol. The normalized spacial score (nSPS) is 12.6. The second kappa shape index (κ2) is 8.67. The van der Waals surface area contributed by atoms with Gasteiger partial charge in [0.2, 0.25) is 5.91 Å². The molecule has 0 radical (unpaired) electrons. The Morgan fingerprint density at radius 2 is 1.82 bits per heavy atom. The second-order valence-electron chi connectivity index (χ2n) is 6.35. The van der Waals surface area contributed by atoms with Gasteiger partial charge < -0.3 is 5.32 Å². The summed E-state index contributed by atoms with van der Waals surface area (Å²) < 4.78 is 1.69. The zero-order valence-electron chi connectivity index (χ0n) is 15.1. The molecule has 0 unspecified atom stereocenters. The van der Waals surface area contributed by atoms with Gasteiger partial charge in [-0.2, -0.15) is 0 Å². The zero-order chi connectivity index (χ0) is 19.3. The highest BCUT2D eigenvalue weighted by Crippen LogP contribution is 2.29. The number of benzene rings is 2. The first kappa shape index (κ1) is 18.8. The summed E-state index contributed by atoms with van der Waals surface area (Å²) in [5.74, 6) is 0.958. The van der Waals surface area contributed by atoms with Gasteiger partial charge in [-0.15, -0.1) is 11.8 Å². The summed E-state index contributed by atoms with van der Waals surface area (Å²) in [6, 6.07) is 19.2. The van der Waals surface area contributed by atoms with Gasteiger partial charge in [0, 0.05) is 17.9 Å². The van der Waals surface area contributed by atoms with Crippen molar-refractivity contribution in [1.82, 2.24) is 9.55 Å². The molecule has 0 spiro atoms. The lowest BCUT2D eigenvalue weighted by Crippen LogP contribution is -2.26. The van der Waals surface area contributed by atoms with Gasteiger partial charge in [0.25, 0.3) is 5.56 Å². The number of carbonyl (C=O) groups is 1. The van der Waals surface area contributed by atoms with E-state index >= 15 is 0 Å². The fraction of sp³-hybridized carbons (Fsp3) is 0.190. The van der Waals surface area contributed by atoms with E-state index in [4.69, 9.17) is 4.98 Å². The first-order chi connectivity index (χ1) is 13.7. The third kappa shape index (κ3) is 4.31.